The highest BCUT2D eigenvalue weighted by atomic mass is 16.6. The van der Waals surface area contributed by atoms with Gasteiger partial charge in [-0.2, -0.15) is 0 Å². The molecule has 7 aliphatic rings. The summed E-state index contributed by atoms with van der Waals surface area (Å²) in [4.78, 5) is 2.82. The molecule has 2 spiro atoms. The van der Waals surface area contributed by atoms with Gasteiger partial charge in [-0.25, -0.2) is 0 Å². The maximum atomic E-state index is 12.2. The van der Waals surface area contributed by atoms with Gasteiger partial charge in [-0.1, -0.05) is 26.8 Å². The van der Waals surface area contributed by atoms with E-state index in [2.05, 4.69) is 31.7 Å². The van der Waals surface area contributed by atoms with E-state index < -0.39 is 11.2 Å². The Bertz CT molecular complexity index is 1060. The van der Waals surface area contributed by atoms with Crippen molar-refractivity contribution in [2.75, 3.05) is 20.2 Å². The third kappa shape index (κ3) is 2.25. The fourth-order valence-corrected chi connectivity index (χ4v) is 9.58. The standard InChI is InChI=1S/C29H41NO4/c1-25(2,3)26(4,32)20-15-27-10-11-29(20,33-5)24-28(27)12-13-30(16-17-6-7-17)21(27)14-18-8-9-19(31)23(34-24)22(18)28/h8-9,17,20-21,24,31-32H,6-7,10-16H2,1-5H3/t20-,21-,24-,26+,27?,28+,29?/m1/s1. The van der Waals surface area contributed by atoms with E-state index in [0.29, 0.717) is 11.8 Å². The molecule has 34 heavy (non-hydrogen) atoms. The van der Waals surface area contributed by atoms with Gasteiger partial charge in [0.2, 0.25) is 0 Å². The van der Waals surface area contributed by atoms with Gasteiger partial charge in [0.1, 0.15) is 11.7 Å². The average molecular weight is 468 g/mol. The molecule has 2 aliphatic heterocycles. The van der Waals surface area contributed by atoms with E-state index in [1.54, 1.807) is 0 Å². The number of ether oxygens (including phenoxy) is 2. The summed E-state index contributed by atoms with van der Waals surface area (Å²) < 4.78 is 13.5. The first-order chi connectivity index (χ1) is 16.0. The van der Waals surface area contributed by atoms with Crippen molar-refractivity contribution in [1.82, 2.24) is 4.90 Å². The van der Waals surface area contributed by atoms with Gasteiger partial charge in [-0.3, -0.25) is 4.90 Å². The Morgan fingerprint density at radius 2 is 1.91 bits per heavy atom. The van der Waals surface area contributed by atoms with Gasteiger partial charge in [0.15, 0.2) is 11.5 Å². The molecular formula is C29H41NO4. The normalized spacial score (nSPS) is 43.9. The number of methoxy groups -OCH3 is 1. The van der Waals surface area contributed by atoms with Gasteiger partial charge < -0.3 is 19.7 Å². The second kappa shape index (κ2) is 6.33. The Balaban J connectivity index is 1.47. The van der Waals surface area contributed by atoms with Gasteiger partial charge in [-0.05, 0) is 81.4 Å². The zero-order chi connectivity index (χ0) is 23.9. The molecule has 5 nitrogen and oxygen atoms in total. The number of phenols is 1. The molecule has 1 aromatic carbocycles. The lowest BCUT2D eigenvalue weighted by molar-refractivity contribution is -0.312. The number of fused-ring (bicyclic) bond motifs is 2. The first-order valence-electron chi connectivity index (χ1n) is 13.6. The molecule has 1 aromatic rings. The highest BCUT2D eigenvalue weighted by Gasteiger charge is 2.82. The van der Waals surface area contributed by atoms with Crippen LogP contribution in [-0.2, 0) is 16.6 Å². The topological polar surface area (TPSA) is 62.2 Å². The van der Waals surface area contributed by atoms with Gasteiger partial charge in [0, 0.05) is 42.0 Å². The van der Waals surface area contributed by atoms with Crippen LogP contribution in [0.5, 0.6) is 11.5 Å². The zero-order valence-electron chi connectivity index (χ0n) is 21.5. The molecule has 2 unspecified atom stereocenters. The quantitative estimate of drug-likeness (QED) is 0.687. The molecule has 2 N–H and O–H groups in total. The first-order valence-corrected chi connectivity index (χ1v) is 13.6. The number of piperidine rings is 1. The van der Waals surface area contributed by atoms with Crippen molar-refractivity contribution in [3.8, 4) is 11.5 Å². The van der Waals surface area contributed by atoms with Crippen molar-refractivity contribution in [1.29, 1.82) is 0 Å². The molecule has 7 atom stereocenters. The fourth-order valence-electron chi connectivity index (χ4n) is 9.58. The number of hydrogen-bond acceptors (Lipinski definition) is 5. The Morgan fingerprint density at radius 1 is 1.15 bits per heavy atom. The van der Waals surface area contributed by atoms with Crippen molar-refractivity contribution in [3.63, 3.8) is 0 Å². The smallest absolute Gasteiger partial charge is 0.165 e. The van der Waals surface area contributed by atoms with Gasteiger partial charge in [0.25, 0.3) is 0 Å². The second-order valence-corrected chi connectivity index (χ2v) is 13.8. The summed E-state index contributed by atoms with van der Waals surface area (Å²) in [6.45, 7) is 10.8. The molecule has 1 saturated heterocycles. The molecule has 8 rings (SSSR count). The molecule has 2 heterocycles. The van der Waals surface area contributed by atoms with Crippen LogP contribution < -0.4 is 4.74 Å². The summed E-state index contributed by atoms with van der Waals surface area (Å²) in [5.41, 5.74) is 0.783. The predicted molar refractivity (Wildman–Crippen MR) is 130 cm³/mol. The van der Waals surface area contributed by atoms with Crippen molar-refractivity contribution >= 4 is 0 Å². The molecular weight excluding hydrogens is 426 g/mol. The van der Waals surface area contributed by atoms with Crippen molar-refractivity contribution in [2.45, 2.75) is 101 Å². The second-order valence-electron chi connectivity index (χ2n) is 13.8. The van der Waals surface area contributed by atoms with Crippen LogP contribution in [0.3, 0.4) is 0 Å². The summed E-state index contributed by atoms with van der Waals surface area (Å²) in [5, 5.41) is 23.2. The number of phenolic OH excluding ortho intramolecular Hbond substituents is 1. The van der Waals surface area contributed by atoms with Gasteiger partial charge in [-0.15, -0.1) is 0 Å². The maximum absolute atomic E-state index is 12.2. The molecule has 4 saturated carbocycles. The number of aliphatic hydroxyl groups is 1. The van der Waals surface area contributed by atoms with Crippen LogP contribution in [0.2, 0.25) is 0 Å². The number of benzene rings is 1. The van der Waals surface area contributed by atoms with Crippen LogP contribution in [0.4, 0.5) is 0 Å². The van der Waals surface area contributed by atoms with Crippen LogP contribution in [-0.4, -0.2) is 58.7 Å². The van der Waals surface area contributed by atoms with Crippen molar-refractivity contribution < 1.29 is 19.7 Å². The monoisotopic (exact) mass is 467 g/mol. The molecule has 0 aromatic heterocycles. The number of hydrogen-bond donors (Lipinski definition) is 2. The fraction of sp³-hybridized carbons (Fsp3) is 0.793. The molecule has 0 amide bonds. The summed E-state index contributed by atoms with van der Waals surface area (Å²) >= 11 is 0. The average Bonchev–Trinajstić information content (AvgIpc) is 3.53. The maximum Gasteiger partial charge on any atom is 0.165 e. The van der Waals surface area contributed by atoms with E-state index in [1.165, 1.54) is 30.5 Å². The Labute approximate surface area is 203 Å². The zero-order valence-corrected chi connectivity index (χ0v) is 21.5. The number of rotatable bonds is 4. The lowest BCUT2D eigenvalue weighted by Gasteiger charge is -2.75. The third-order valence-electron chi connectivity index (χ3n) is 11.9. The number of likely N-dealkylation sites (tertiary alicyclic amines) is 1. The molecule has 4 bridgehead atoms. The summed E-state index contributed by atoms with van der Waals surface area (Å²) in [6.07, 6.45) is 7.64. The SMILES string of the molecule is COC12CCC3(C[C@@H]1[C@](C)(O)C(C)(C)C)[C@H]1Cc4ccc(O)c5c4[C@@]3(CCN1CC1CC1)[C@H]2O5. The molecule has 5 aliphatic carbocycles. The van der Waals surface area contributed by atoms with E-state index in [-0.39, 0.29) is 34.0 Å². The molecule has 0 radical (unpaired) electrons. The minimum Gasteiger partial charge on any atom is -0.504 e. The van der Waals surface area contributed by atoms with Crippen LogP contribution in [0.1, 0.15) is 77.3 Å². The largest absolute Gasteiger partial charge is 0.504 e. The Kier molecular flexibility index (Phi) is 4.08. The minimum absolute atomic E-state index is 0.0294. The van der Waals surface area contributed by atoms with Crippen molar-refractivity contribution in [3.05, 3.63) is 23.3 Å². The highest BCUT2D eigenvalue weighted by molar-refractivity contribution is 5.63. The molecule has 5 heteroatoms. The van der Waals surface area contributed by atoms with E-state index in [4.69, 9.17) is 9.47 Å². The van der Waals surface area contributed by atoms with E-state index in [9.17, 15) is 10.2 Å². The van der Waals surface area contributed by atoms with E-state index in [1.807, 2.05) is 20.1 Å². The molecule has 186 valence electrons. The van der Waals surface area contributed by atoms with E-state index in [0.717, 1.165) is 44.6 Å². The summed E-state index contributed by atoms with van der Waals surface area (Å²) in [5.74, 6) is 1.80. The summed E-state index contributed by atoms with van der Waals surface area (Å²) in [6, 6.07) is 4.46. The van der Waals surface area contributed by atoms with Crippen LogP contribution in [0.25, 0.3) is 0 Å². The predicted octanol–water partition coefficient (Wildman–Crippen LogP) is 4.41. The number of nitrogens with zero attached hydrogens (tertiary/aromatic N) is 1. The van der Waals surface area contributed by atoms with Crippen LogP contribution in [0, 0.1) is 22.7 Å². The minimum atomic E-state index is -0.909. The Hall–Kier alpha value is -1.30. The van der Waals surface area contributed by atoms with Crippen LogP contribution >= 0.6 is 0 Å². The third-order valence-corrected chi connectivity index (χ3v) is 11.9. The Morgan fingerprint density at radius 3 is 2.59 bits per heavy atom. The highest BCUT2D eigenvalue weighted by Crippen LogP contribution is 2.78. The van der Waals surface area contributed by atoms with Gasteiger partial charge >= 0.3 is 0 Å². The van der Waals surface area contributed by atoms with Gasteiger partial charge in [0.05, 0.1) is 5.60 Å². The van der Waals surface area contributed by atoms with Crippen LogP contribution in [0.15, 0.2) is 12.1 Å². The van der Waals surface area contributed by atoms with Crippen molar-refractivity contribution in [2.24, 2.45) is 22.7 Å². The summed E-state index contributed by atoms with van der Waals surface area (Å²) in [7, 11) is 1.83. The van der Waals surface area contributed by atoms with E-state index >= 15 is 0 Å². The molecule has 5 fully saturated rings. The number of aromatic hydroxyl groups is 1. The lowest BCUT2D eigenvalue weighted by Crippen LogP contribution is -2.83. The lowest BCUT2D eigenvalue weighted by atomic mass is 9.33. The first kappa shape index (κ1) is 21.9.